The number of nitrogens with zero attached hydrogens (tertiary/aromatic N) is 3. The van der Waals surface area contributed by atoms with Gasteiger partial charge < -0.3 is 0 Å². The van der Waals surface area contributed by atoms with E-state index in [1.54, 1.807) is 0 Å². The molecular weight excluding hydrogens is 198 g/mol. The minimum Gasteiger partial charge on any atom is -0.299 e. The van der Waals surface area contributed by atoms with E-state index < -0.39 is 0 Å². The lowest BCUT2D eigenvalue weighted by Gasteiger charge is -2.19. The third kappa shape index (κ3) is 3.04. The molecule has 0 bridgehead atoms. The first-order valence-electron chi connectivity index (χ1n) is 5.89. The maximum absolute atomic E-state index is 8.92. The summed E-state index contributed by atoms with van der Waals surface area (Å²) in [6.45, 7) is 3.14. The highest BCUT2D eigenvalue weighted by molar-refractivity contribution is 5.09. The number of likely N-dealkylation sites (tertiary alicyclic amines) is 1. The molecule has 1 saturated heterocycles. The second kappa shape index (κ2) is 5.62. The molecule has 1 unspecified atom stereocenters. The monoisotopic (exact) mass is 215 g/mol. The van der Waals surface area contributed by atoms with Crippen LogP contribution in [0.4, 0.5) is 0 Å². The molecule has 1 aromatic rings. The molecule has 2 rings (SSSR count). The average molecular weight is 215 g/mol. The van der Waals surface area contributed by atoms with Crippen molar-refractivity contribution >= 4 is 0 Å². The van der Waals surface area contributed by atoms with Gasteiger partial charge in [-0.25, -0.2) is 0 Å². The number of rotatable bonds is 2. The van der Waals surface area contributed by atoms with Crippen molar-refractivity contribution in [3.63, 3.8) is 0 Å². The van der Waals surface area contributed by atoms with E-state index >= 15 is 0 Å². The van der Waals surface area contributed by atoms with Gasteiger partial charge in [-0.3, -0.25) is 9.88 Å². The van der Waals surface area contributed by atoms with Crippen LogP contribution in [0.15, 0.2) is 24.5 Å². The summed E-state index contributed by atoms with van der Waals surface area (Å²) in [5.41, 5.74) is 1.31. The summed E-state index contributed by atoms with van der Waals surface area (Å²) in [4.78, 5) is 6.46. The smallest absolute Gasteiger partial charge is 0.0656 e. The van der Waals surface area contributed by atoms with Crippen molar-refractivity contribution in [1.82, 2.24) is 9.88 Å². The van der Waals surface area contributed by atoms with Crippen LogP contribution in [0.1, 0.15) is 24.8 Å². The van der Waals surface area contributed by atoms with Crippen LogP contribution in [0.25, 0.3) is 0 Å². The third-order valence-corrected chi connectivity index (χ3v) is 3.16. The SMILES string of the molecule is N#CC1CCCN(Cc2ccncc2)CC1. The number of nitriles is 1. The highest BCUT2D eigenvalue weighted by Crippen LogP contribution is 2.17. The minimum atomic E-state index is 0.266. The highest BCUT2D eigenvalue weighted by atomic mass is 15.1. The summed E-state index contributed by atoms with van der Waals surface area (Å²) in [6.07, 6.45) is 6.89. The van der Waals surface area contributed by atoms with Crippen molar-refractivity contribution in [2.45, 2.75) is 25.8 Å². The average Bonchev–Trinajstić information content (AvgIpc) is 2.56. The van der Waals surface area contributed by atoms with E-state index in [2.05, 4.69) is 28.1 Å². The molecule has 0 aromatic carbocycles. The molecule has 0 amide bonds. The van der Waals surface area contributed by atoms with Gasteiger partial charge in [-0.1, -0.05) is 0 Å². The lowest BCUT2D eigenvalue weighted by atomic mass is 10.0. The number of hydrogen-bond acceptors (Lipinski definition) is 3. The standard InChI is InChI=1S/C13H17N3/c14-10-12-2-1-8-16(9-5-12)11-13-3-6-15-7-4-13/h3-4,6-7,12H,1-2,5,8-9,11H2. The van der Waals surface area contributed by atoms with E-state index in [9.17, 15) is 0 Å². The van der Waals surface area contributed by atoms with Gasteiger partial charge >= 0.3 is 0 Å². The van der Waals surface area contributed by atoms with Crippen molar-refractivity contribution in [2.75, 3.05) is 13.1 Å². The predicted molar refractivity (Wildman–Crippen MR) is 62.5 cm³/mol. The molecule has 84 valence electrons. The van der Waals surface area contributed by atoms with Gasteiger partial charge in [0.1, 0.15) is 0 Å². The molecular formula is C13H17N3. The first-order chi connectivity index (χ1) is 7.88. The van der Waals surface area contributed by atoms with Gasteiger partial charge in [-0.2, -0.15) is 5.26 Å². The van der Waals surface area contributed by atoms with Gasteiger partial charge in [0.2, 0.25) is 0 Å². The Morgan fingerprint density at radius 2 is 2.12 bits per heavy atom. The Bertz CT molecular complexity index is 355. The molecule has 1 aromatic heterocycles. The summed E-state index contributed by atoms with van der Waals surface area (Å²) in [6, 6.07) is 6.52. The van der Waals surface area contributed by atoms with Crippen LogP contribution in [-0.2, 0) is 6.54 Å². The van der Waals surface area contributed by atoms with Crippen LogP contribution in [0.5, 0.6) is 0 Å². The molecule has 1 aliphatic rings. The van der Waals surface area contributed by atoms with Crippen molar-refractivity contribution in [1.29, 1.82) is 5.26 Å². The Morgan fingerprint density at radius 3 is 2.88 bits per heavy atom. The Labute approximate surface area is 96.7 Å². The fourth-order valence-corrected chi connectivity index (χ4v) is 2.19. The number of pyridine rings is 1. The Morgan fingerprint density at radius 1 is 1.31 bits per heavy atom. The van der Waals surface area contributed by atoms with E-state index in [0.29, 0.717) is 0 Å². The molecule has 1 aliphatic heterocycles. The van der Waals surface area contributed by atoms with Crippen LogP contribution < -0.4 is 0 Å². The fourth-order valence-electron chi connectivity index (χ4n) is 2.19. The topological polar surface area (TPSA) is 39.9 Å². The zero-order valence-electron chi connectivity index (χ0n) is 9.47. The zero-order chi connectivity index (χ0) is 11.2. The van der Waals surface area contributed by atoms with Crippen LogP contribution in [0, 0.1) is 17.2 Å². The maximum atomic E-state index is 8.92. The first kappa shape index (κ1) is 11.1. The number of aromatic nitrogens is 1. The first-order valence-corrected chi connectivity index (χ1v) is 5.89. The quantitative estimate of drug-likeness (QED) is 0.759. The van der Waals surface area contributed by atoms with E-state index in [1.807, 2.05) is 12.4 Å². The molecule has 1 fully saturated rings. The van der Waals surface area contributed by atoms with Gasteiger partial charge in [0.25, 0.3) is 0 Å². The van der Waals surface area contributed by atoms with Crippen molar-refractivity contribution in [3.8, 4) is 6.07 Å². The van der Waals surface area contributed by atoms with Gasteiger partial charge in [-0.15, -0.1) is 0 Å². The van der Waals surface area contributed by atoms with Crippen LogP contribution in [0.2, 0.25) is 0 Å². The molecule has 0 saturated carbocycles. The molecule has 16 heavy (non-hydrogen) atoms. The second-order valence-electron chi connectivity index (χ2n) is 4.39. The van der Waals surface area contributed by atoms with Gasteiger partial charge in [0, 0.05) is 24.9 Å². The largest absolute Gasteiger partial charge is 0.299 e. The van der Waals surface area contributed by atoms with Gasteiger partial charge in [0.05, 0.1) is 6.07 Å². The van der Waals surface area contributed by atoms with Crippen molar-refractivity contribution in [3.05, 3.63) is 30.1 Å². The molecule has 1 atom stereocenters. The van der Waals surface area contributed by atoms with Gasteiger partial charge in [-0.05, 0) is 50.0 Å². The summed E-state index contributed by atoms with van der Waals surface area (Å²) in [7, 11) is 0. The summed E-state index contributed by atoms with van der Waals surface area (Å²) >= 11 is 0. The van der Waals surface area contributed by atoms with E-state index in [-0.39, 0.29) is 5.92 Å². The lowest BCUT2D eigenvalue weighted by molar-refractivity contribution is 0.275. The maximum Gasteiger partial charge on any atom is 0.0656 e. The summed E-state index contributed by atoms with van der Waals surface area (Å²) < 4.78 is 0. The van der Waals surface area contributed by atoms with E-state index in [0.717, 1.165) is 38.9 Å². The second-order valence-corrected chi connectivity index (χ2v) is 4.39. The molecule has 0 radical (unpaired) electrons. The minimum absolute atomic E-state index is 0.266. The van der Waals surface area contributed by atoms with Crippen LogP contribution in [-0.4, -0.2) is 23.0 Å². The Kier molecular flexibility index (Phi) is 3.90. The summed E-state index contributed by atoms with van der Waals surface area (Å²) in [5.74, 6) is 0.266. The predicted octanol–water partition coefficient (Wildman–Crippen LogP) is 2.21. The fraction of sp³-hybridized carbons (Fsp3) is 0.538. The van der Waals surface area contributed by atoms with E-state index in [1.165, 1.54) is 5.56 Å². The molecule has 0 aliphatic carbocycles. The molecule has 0 N–H and O–H groups in total. The van der Waals surface area contributed by atoms with Crippen LogP contribution >= 0.6 is 0 Å². The van der Waals surface area contributed by atoms with Crippen LogP contribution in [0.3, 0.4) is 0 Å². The van der Waals surface area contributed by atoms with Crippen molar-refractivity contribution < 1.29 is 0 Å². The zero-order valence-corrected chi connectivity index (χ0v) is 9.47. The third-order valence-electron chi connectivity index (χ3n) is 3.16. The molecule has 2 heterocycles. The lowest BCUT2D eigenvalue weighted by Crippen LogP contribution is -2.24. The highest BCUT2D eigenvalue weighted by Gasteiger charge is 2.16. The number of hydrogen-bond donors (Lipinski definition) is 0. The normalized spacial score (nSPS) is 22.3. The van der Waals surface area contributed by atoms with E-state index in [4.69, 9.17) is 5.26 Å². The molecule has 0 spiro atoms. The van der Waals surface area contributed by atoms with Gasteiger partial charge in [0.15, 0.2) is 0 Å². The summed E-state index contributed by atoms with van der Waals surface area (Å²) in [5, 5.41) is 8.92. The van der Waals surface area contributed by atoms with Crippen molar-refractivity contribution in [2.24, 2.45) is 5.92 Å². The Hall–Kier alpha value is -1.40. The molecule has 3 nitrogen and oxygen atoms in total. The Balaban J connectivity index is 1.89. The molecule has 3 heteroatoms.